The van der Waals surface area contributed by atoms with Gasteiger partial charge >= 0.3 is 11.9 Å². The first-order valence-electron chi connectivity index (χ1n) is 6.38. The van der Waals surface area contributed by atoms with Gasteiger partial charge in [0.05, 0.1) is 9.85 Å². The quantitative estimate of drug-likeness (QED) is 0.268. The maximum atomic E-state index is 12.0. The molecule has 0 aliphatic carbocycles. The molecule has 0 radical (unpaired) electrons. The number of halogens is 3. The largest absolute Gasteiger partial charge is 0.461 e. The normalized spacial score (nSPS) is 13.1. The first-order valence-corrected chi connectivity index (χ1v) is 8.52. The molecule has 0 fully saturated rings. The third-order valence-electron chi connectivity index (χ3n) is 2.51. The van der Waals surface area contributed by atoms with E-state index < -0.39 is 22.1 Å². The Balaban J connectivity index is 2.45. The molecule has 1 aromatic rings. The van der Waals surface area contributed by atoms with Crippen molar-refractivity contribution in [1.82, 2.24) is 0 Å². The van der Waals surface area contributed by atoms with Crippen LogP contribution in [0, 0.1) is 0 Å². The molecule has 1 rings (SSSR count). The third-order valence-corrected chi connectivity index (χ3v) is 4.22. The summed E-state index contributed by atoms with van der Waals surface area (Å²) in [5, 5.41) is -0.514. The number of para-hydroxylation sites is 1. The number of rotatable bonds is 7. The highest BCUT2D eigenvalue weighted by molar-refractivity contribution is 9.10. The van der Waals surface area contributed by atoms with Gasteiger partial charge in [0.1, 0.15) is 17.2 Å². The van der Waals surface area contributed by atoms with Gasteiger partial charge < -0.3 is 9.47 Å². The van der Waals surface area contributed by atoms with E-state index >= 15 is 0 Å². The van der Waals surface area contributed by atoms with Crippen LogP contribution in [0.3, 0.4) is 0 Å². The highest BCUT2D eigenvalue weighted by Crippen LogP contribution is 2.25. The number of alkyl halides is 2. The number of esters is 2. The molecule has 0 aliphatic rings. The number of benzene rings is 1. The molecule has 0 N–H and O–H groups in total. The summed E-state index contributed by atoms with van der Waals surface area (Å²) in [6, 6.07) is 7.03. The van der Waals surface area contributed by atoms with Crippen LogP contribution in [0.4, 0.5) is 0 Å². The van der Waals surface area contributed by atoms with Crippen molar-refractivity contribution in [3.8, 4) is 5.75 Å². The molecular weight excluding hydrogens is 439 g/mol. The lowest BCUT2D eigenvalue weighted by atomic mass is 10.2. The summed E-state index contributed by atoms with van der Waals surface area (Å²) in [5.41, 5.74) is 0.299. The minimum Gasteiger partial charge on any atom is -0.461 e. The van der Waals surface area contributed by atoms with E-state index in [1.165, 1.54) is 0 Å². The standard InChI is InChI=1S/C15H15Br2ClO4/c1-9(2)14(19)21-8-10(18)7-12(17)15(20)22-13-6-4-3-5-11(13)16/h3-6,10,12H,1,7-8H2,2H3. The summed E-state index contributed by atoms with van der Waals surface area (Å²) in [4.78, 5) is 22.6. The zero-order valence-electron chi connectivity index (χ0n) is 11.9. The van der Waals surface area contributed by atoms with Crippen LogP contribution in [0.25, 0.3) is 0 Å². The molecule has 2 unspecified atom stereocenters. The van der Waals surface area contributed by atoms with Crippen molar-refractivity contribution in [3.63, 3.8) is 0 Å². The van der Waals surface area contributed by atoms with Gasteiger partial charge in [-0.1, -0.05) is 34.6 Å². The van der Waals surface area contributed by atoms with Crippen LogP contribution in [0.2, 0.25) is 0 Å². The van der Waals surface area contributed by atoms with Crippen molar-refractivity contribution in [2.45, 2.75) is 23.5 Å². The second-order valence-corrected chi connectivity index (χ2v) is 7.11. The van der Waals surface area contributed by atoms with E-state index in [9.17, 15) is 9.59 Å². The summed E-state index contributed by atoms with van der Waals surface area (Å²) in [6.07, 6.45) is 0.258. The van der Waals surface area contributed by atoms with E-state index in [0.29, 0.717) is 15.8 Å². The Kier molecular flexibility index (Phi) is 8.14. The van der Waals surface area contributed by atoms with E-state index in [1.807, 2.05) is 6.07 Å². The molecule has 4 nitrogen and oxygen atoms in total. The lowest BCUT2D eigenvalue weighted by Crippen LogP contribution is -2.26. The number of carbonyl (C=O) groups excluding carboxylic acids is 2. The average Bonchev–Trinajstić information content (AvgIpc) is 2.46. The summed E-state index contributed by atoms with van der Waals surface area (Å²) >= 11 is 12.6. The lowest BCUT2D eigenvalue weighted by Gasteiger charge is -2.14. The fourth-order valence-electron chi connectivity index (χ4n) is 1.38. The second kappa shape index (κ2) is 9.33. The Labute approximate surface area is 151 Å². The van der Waals surface area contributed by atoms with E-state index in [4.69, 9.17) is 21.1 Å². The topological polar surface area (TPSA) is 52.6 Å². The van der Waals surface area contributed by atoms with Gasteiger partial charge in [0.15, 0.2) is 0 Å². The molecule has 0 saturated heterocycles. The Morgan fingerprint density at radius 3 is 2.59 bits per heavy atom. The van der Waals surface area contributed by atoms with E-state index in [2.05, 4.69) is 38.4 Å². The van der Waals surface area contributed by atoms with E-state index in [1.54, 1.807) is 25.1 Å². The molecule has 7 heteroatoms. The Hall–Kier alpha value is -0.850. The van der Waals surface area contributed by atoms with Crippen LogP contribution < -0.4 is 4.74 Å². The van der Waals surface area contributed by atoms with E-state index in [-0.39, 0.29) is 13.0 Å². The Morgan fingerprint density at radius 2 is 2.00 bits per heavy atom. The molecule has 22 heavy (non-hydrogen) atoms. The second-order valence-electron chi connectivity index (χ2n) is 4.53. The van der Waals surface area contributed by atoms with Gasteiger partial charge in [0.25, 0.3) is 0 Å². The summed E-state index contributed by atoms with van der Waals surface area (Å²) in [7, 11) is 0. The molecule has 120 valence electrons. The zero-order chi connectivity index (χ0) is 16.7. The van der Waals surface area contributed by atoms with Crippen LogP contribution in [0.15, 0.2) is 40.9 Å². The van der Waals surface area contributed by atoms with Crippen LogP contribution >= 0.6 is 43.5 Å². The highest BCUT2D eigenvalue weighted by Gasteiger charge is 2.23. The molecule has 0 amide bonds. The smallest absolute Gasteiger partial charge is 0.333 e. The number of ether oxygens (including phenoxy) is 2. The fourth-order valence-corrected chi connectivity index (χ4v) is 2.74. The maximum Gasteiger partial charge on any atom is 0.333 e. The predicted octanol–water partition coefficient (Wildman–Crippen LogP) is 4.23. The van der Waals surface area contributed by atoms with Gasteiger partial charge in [0, 0.05) is 5.57 Å². The summed E-state index contributed by atoms with van der Waals surface area (Å²) in [6.45, 7) is 5.02. The molecule has 0 saturated carbocycles. The van der Waals surface area contributed by atoms with Crippen molar-refractivity contribution in [2.24, 2.45) is 0 Å². The fraction of sp³-hybridized carbons (Fsp3) is 0.333. The number of hydrogen-bond acceptors (Lipinski definition) is 4. The van der Waals surface area contributed by atoms with Crippen molar-refractivity contribution in [1.29, 1.82) is 0 Å². The van der Waals surface area contributed by atoms with Crippen LogP contribution in [0.1, 0.15) is 13.3 Å². The number of carbonyl (C=O) groups is 2. The van der Waals surface area contributed by atoms with Crippen molar-refractivity contribution >= 4 is 55.4 Å². The number of hydrogen-bond donors (Lipinski definition) is 0. The molecule has 2 atom stereocenters. The Morgan fingerprint density at radius 1 is 1.36 bits per heavy atom. The van der Waals surface area contributed by atoms with Gasteiger partial charge in [-0.2, -0.15) is 0 Å². The van der Waals surface area contributed by atoms with Crippen molar-refractivity contribution in [3.05, 3.63) is 40.9 Å². The first-order chi connectivity index (χ1) is 10.3. The molecule has 0 heterocycles. The first kappa shape index (κ1) is 19.2. The third kappa shape index (κ3) is 6.50. The zero-order valence-corrected chi connectivity index (χ0v) is 15.8. The molecule has 1 aromatic carbocycles. The maximum absolute atomic E-state index is 12.0. The van der Waals surface area contributed by atoms with Crippen molar-refractivity contribution < 1.29 is 19.1 Å². The highest BCUT2D eigenvalue weighted by atomic mass is 79.9. The van der Waals surface area contributed by atoms with Crippen molar-refractivity contribution in [2.75, 3.05) is 6.61 Å². The molecule has 0 spiro atoms. The molecular formula is C15H15Br2ClO4. The minimum absolute atomic E-state index is 0.00232. The van der Waals surface area contributed by atoms with Gasteiger partial charge in [-0.05, 0) is 41.4 Å². The van der Waals surface area contributed by atoms with Gasteiger partial charge in [-0.25, -0.2) is 4.79 Å². The van der Waals surface area contributed by atoms with Gasteiger partial charge in [-0.3, -0.25) is 4.79 Å². The molecule has 0 aromatic heterocycles. The van der Waals surface area contributed by atoms with Crippen LogP contribution in [-0.2, 0) is 14.3 Å². The van der Waals surface area contributed by atoms with Gasteiger partial charge in [0.2, 0.25) is 0 Å². The van der Waals surface area contributed by atoms with Crippen LogP contribution in [-0.4, -0.2) is 28.7 Å². The SMILES string of the molecule is C=C(C)C(=O)OCC(Cl)CC(Br)C(=O)Oc1ccccc1Br. The minimum atomic E-state index is -0.606. The summed E-state index contributed by atoms with van der Waals surface area (Å²) < 4.78 is 10.9. The van der Waals surface area contributed by atoms with E-state index in [0.717, 1.165) is 0 Å². The molecule has 0 bridgehead atoms. The predicted molar refractivity (Wildman–Crippen MR) is 92.5 cm³/mol. The van der Waals surface area contributed by atoms with Gasteiger partial charge in [-0.15, -0.1) is 11.6 Å². The van der Waals surface area contributed by atoms with Crippen LogP contribution in [0.5, 0.6) is 5.75 Å². The Bertz CT molecular complexity index is 562. The lowest BCUT2D eigenvalue weighted by molar-refractivity contribution is -0.138. The molecule has 0 aliphatic heterocycles. The average molecular weight is 455 g/mol. The summed E-state index contributed by atoms with van der Waals surface area (Å²) in [5.74, 6) is -0.548. The monoisotopic (exact) mass is 452 g/mol.